The summed E-state index contributed by atoms with van der Waals surface area (Å²) < 4.78 is 4.64. The first kappa shape index (κ1) is 12.4. The Morgan fingerprint density at radius 1 is 1.71 bits per heavy atom. The standard InChI is InChI=1S/C10H9N3O4/c1-2-17-10(14)7(6-11)9-8(13(15)16)4-3-5-12-9/h3-5,12H,2H2,1H3. The van der Waals surface area contributed by atoms with Gasteiger partial charge in [-0.3, -0.25) is 10.1 Å². The first-order chi connectivity index (χ1) is 8.11. The number of nitrogens with zero attached hydrogens (tertiary/aromatic N) is 2. The summed E-state index contributed by atoms with van der Waals surface area (Å²) in [7, 11) is 0. The Morgan fingerprint density at radius 2 is 2.41 bits per heavy atom. The van der Waals surface area contributed by atoms with E-state index in [1.807, 2.05) is 0 Å². The van der Waals surface area contributed by atoms with Gasteiger partial charge in [0.15, 0.2) is 5.57 Å². The Kier molecular flexibility index (Phi) is 4.00. The topological polar surface area (TPSA) is 105 Å². The van der Waals surface area contributed by atoms with Crippen molar-refractivity contribution in [2.24, 2.45) is 0 Å². The van der Waals surface area contributed by atoms with Crippen molar-refractivity contribution < 1.29 is 14.5 Å². The number of hydrogen-bond acceptors (Lipinski definition) is 6. The van der Waals surface area contributed by atoms with Gasteiger partial charge in [-0.05, 0) is 13.0 Å². The van der Waals surface area contributed by atoms with E-state index in [0.29, 0.717) is 0 Å². The zero-order chi connectivity index (χ0) is 12.8. The van der Waals surface area contributed by atoms with E-state index in [1.165, 1.54) is 18.4 Å². The molecular weight excluding hydrogens is 226 g/mol. The van der Waals surface area contributed by atoms with Gasteiger partial charge in [0.25, 0.3) is 5.70 Å². The molecule has 1 N–H and O–H groups in total. The van der Waals surface area contributed by atoms with Crippen molar-refractivity contribution >= 4 is 5.97 Å². The summed E-state index contributed by atoms with van der Waals surface area (Å²) in [6, 6.07) is 1.60. The van der Waals surface area contributed by atoms with Crippen LogP contribution in [0.4, 0.5) is 0 Å². The fourth-order valence-electron chi connectivity index (χ4n) is 1.19. The van der Waals surface area contributed by atoms with Crippen molar-refractivity contribution in [1.82, 2.24) is 5.32 Å². The number of allylic oxidation sites excluding steroid dienone is 2. The average molecular weight is 235 g/mol. The number of nitrogens with one attached hydrogen (secondary N) is 1. The van der Waals surface area contributed by atoms with Gasteiger partial charge >= 0.3 is 5.97 Å². The minimum absolute atomic E-state index is 0.0879. The van der Waals surface area contributed by atoms with E-state index in [2.05, 4.69) is 10.1 Å². The molecule has 7 nitrogen and oxygen atoms in total. The Bertz CT molecular complexity index is 482. The third-order valence-electron chi connectivity index (χ3n) is 1.87. The van der Waals surface area contributed by atoms with Gasteiger partial charge in [0.2, 0.25) is 0 Å². The van der Waals surface area contributed by atoms with Crippen LogP contribution in [0.1, 0.15) is 6.92 Å². The summed E-state index contributed by atoms with van der Waals surface area (Å²) in [6.45, 7) is 1.67. The van der Waals surface area contributed by atoms with Crippen molar-refractivity contribution in [3.8, 4) is 6.07 Å². The van der Waals surface area contributed by atoms with Crippen molar-refractivity contribution in [3.63, 3.8) is 0 Å². The molecule has 0 atom stereocenters. The molecule has 0 spiro atoms. The maximum Gasteiger partial charge on any atom is 0.351 e. The average Bonchev–Trinajstić information content (AvgIpc) is 2.31. The first-order valence-corrected chi connectivity index (χ1v) is 4.71. The second-order valence-electron chi connectivity index (χ2n) is 2.89. The normalized spacial score (nSPS) is 16.4. The quantitative estimate of drug-likeness (QED) is 0.252. The Labute approximate surface area is 96.8 Å². The molecule has 0 saturated carbocycles. The van der Waals surface area contributed by atoms with E-state index in [-0.39, 0.29) is 18.0 Å². The van der Waals surface area contributed by atoms with Crippen LogP contribution in [0.25, 0.3) is 0 Å². The lowest BCUT2D eigenvalue weighted by Crippen LogP contribution is -2.21. The Balaban J connectivity index is 3.22. The predicted molar refractivity (Wildman–Crippen MR) is 56.6 cm³/mol. The van der Waals surface area contributed by atoms with Gasteiger partial charge < -0.3 is 10.1 Å². The smallest absolute Gasteiger partial charge is 0.351 e. The number of ether oxygens (including phenoxy) is 1. The molecule has 0 aromatic carbocycles. The maximum atomic E-state index is 11.4. The number of carbonyl (C=O) groups excluding carboxylic acids is 1. The minimum Gasteiger partial charge on any atom is -0.462 e. The molecule has 0 aromatic rings. The molecule has 0 saturated heterocycles. The lowest BCUT2D eigenvalue weighted by Gasteiger charge is -2.10. The molecule has 1 heterocycles. The van der Waals surface area contributed by atoms with E-state index >= 15 is 0 Å². The van der Waals surface area contributed by atoms with Crippen LogP contribution in [0, 0.1) is 21.4 Å². The fourth-order valence-corrected chi connectivity index (χ4v) is 1.19. The van der Waals surface area contributed by atoms with Gasteiger partial charge in [-0.15, -0.1) is 0 Å². The van der Waals surface area contributed by atoms with Gasteiger partial charge in [0.1, 0.15) is 11.8 Å². The highest BCUT2D eigenvalue weighted by molar-refractivity contribution is 5.94. The summed E-state index contributed by atoms with van der Waals surface area (Å²) in [5, 5.41) is 22.1. The highest BCUT2D eigenvalue weighted by atomic mass is 16.6. The summed E-state index contributed by atoms with van der Waals surface area (Å²) in [5.41, 5.74) is -0.922. The third-order valence-corrected chi connectivity index (χ3v) is 1.87. The third kappa shape index (κ3) is 2.69. The number of nitriles is 1. The van der Waals surface area contributed by atoms with Crippen LogP contribution in [-0.2, 0) is 9.53 Å². The van der Waals surface area contributed by atoms with Crippen molar-refractivity contribution in [2.45, 2.75) is 6.92 Å². The van der Waals surface area contributed by atoms with E-state index < -0.39 is 16.5 Å². The lowest BCUT2D eigenvalue weighted by atomic mass is 10.1. The van der Waals surface area contributed by atoms with E-state index in [1.54, 1.807) is 13.0 Å². The lowest BCUT2D eigenvalue weighted by molar-refractivity contribution is -0.421. The molecule has 1 aliphatic rings. The molecule has 0 radical (unpaired) electrons. The van der Waals surface area contributed by atoms with Crippen LogP contribution in [0.15, 0.2) is 35.3 Å². The molecular formula is C10H9N3O4. The van der Waals surface area contributed by atoms with Crippen LogP contribution < -0.4 is 5.32 Å². The molecule has 0 aliphatic carbocycles. The number of dihydropyridines is 1. The molecule has 0 bridgehead atoms. The molecule has 0 aromatic heterocycles. The summed E-state index contributed by atoms with van der Waals surface area (Å²) in [5.74, 6) is -0.888. The van der Waals surface area contributed by atoms with Gasteiger partial charge in [-0.2, -0.15) is 5.26 Å². The number of carbonyl (C=O) groups is 1. The minimum atomic E-state index is -0.888. The molecule has 1 rings (SSSR count). The number of hydrogen-bond donors (Lipinski definition) is 1. The molecule has 0 amide bonds. The zero-order valence-corrected chi connectivity index (χ0v) is 8.97. The fraction of sp³-hybridized carbons (Fsp3) is 0.200. The van der Waals surface area contributed by atoms with E-state index in [0.717, 1.165) is 0 Å². The molecule has 0 fully saturated rings. The van der Waals surface area contributed by atoms with Gasteiger partial charge in [0.05, 0.1) is 11.5 Å². The van der Waals surface area contributed by atoms with Crippen LogP contribution in [0.2, 0.25) is 0 Å². The molecule has 17 heavy (non-hydrogen) atoms. The zero-order valence-electron chi connectivity index (χ0n) is 8.97. The van der Waals surface area contributed by atoms with E-state index in [9.17, 15) is 14.9 Å². The van der Waals surface area contributed by atoms with Crippen LogP contribution in [0.5, 0.6) is 0 Å². The molecule has 88 valence electrons. The second-order valence-corrected chi connectivity index (χ2v) is 2.89. The van der Waals surface area contributed by atoms with Crippen LogP contribution in [-0.4, -0.2) is 17.5 Å². The second kappa shape index (κ2) is 5.46. The molecule has 1 aliphatic heterocycles. The summed E-state index contributed by atoms with van der Waals surface area (Å²) in [4.78, 5) is 21.5. The predicted octanol–water partition coefficient (Wildman–Crippen LogP) is 0.605. The molecule has 0 unspecified atom stereocenters. The van der Waals surface area contributed by atoms with Crippen molar-refractivity contribution in [1.29, 1.82) is 5.26 Å². The Hall–Kier alpha value is -2.62. The van der Waals surface area contributed by atoms with Crippen LogP contribution in [0.3, 0.4) is 0 Å². The van der Waals surface area contributed by atoms with Gasteiger partial charge in [-0.1, -0.05) is 0 Å². The summed E-state index contributed by atoms with van der Waals surface area (Å²) in [6.07, 6.45) is 3.99. The van der Waals surface area contributed by atoms with Crippen molar-refractivity contribution in [2.75, 3.05) is 6.61 Å². The Morgan fingerprint density at radius 3 is 2.94 bits per heavy atom. The van der Waals surface area contributed by atoms with E-state index in [4.69, 9.17) is 5.26 Å². The highest BCUT2D eigenvalue weighted by Crippen LogP contribution is 2.17. The first-order valence-electron chi connectivity index (χ1n) is 4.71. The summed E-state index contributed by atoms with van der Waals surface area (Å²) >= 11 is 0. The number of nitro groups is 1. The maximum absolute atomic E-state index is 11.4. The van der Waals surface area contributed by atoms with Crippen LogP contribution >= 0.6 is 0 Å². The SMILES string of the molecule is CCOC(=O)C(C#N)=C1NC=CC=C1[N+](=O)[O-]. The largest absolute Gasteiger partial charge is 0.462 e. The monoisotopic (exact) mass is 235 g/mol. The highest BCUT2D eigenvalue weighted by Gasteiger charge is 2.27. The number of esters is 1. The molecule has 7 heteroatoms. The van der Waals surface area contributed by atoms with Crippen molar-refractivity contribution in [3.05, 3.63) is 45.4 Å². The van der Waals surface area contributed by atoms with Gasteiger partial charge in [0, 0.05) is 12.3 Å². The van der Waals surface area contributed by atoms with Gasteiger partial charge in [-0.25, -0.2) is 4.79 Å². The number of rotatable bonds is 3.